The molecule has 1 N–H and O–H groups in total. The van der Waals surface area contributed by atoms with Crippen LogP contribution in [0.1, 0.15) is 6.42 Å². The van der Waals surface area contributed by atoms with E-state index < -0.39 is 5.82 Å². The first-order valence-electron chi connectivity index (χ1n) is 12.1. The van der Waals surface area contributed by atoms with Crippen LogP contribution in [-0.2, 0) is 9.53 Å². The molecular formula is C25H23ClFN7O4. The second kappa shape index (κ2) is 10.0. The van der Waals surface area contributed by atoms with E-state index in [2.05, 4.69) is 31.6 Å². The number of aromatic amines is 1. The molecular weight excluding hydrogens is 517 g/mol. The Kier molecular flexibility index (Phi) is 6.42. The molecule has 0 aliphatic carbocycles. The zero-order valence-corrected chi connectivity index (χ0v) is 20.9. The van der Waals surface area contributed by atoms with Crippen molar-refractivity contribution in [3.8, 4) is 17.6 Å². The number of hydrogen-bond acceptors (Lipinski definition) is 9. The molecule has 1 aromatic carbocycles. The highest BCUT2D eigenvalue weighted by atomic mass is 35.5. The Balaban J connectivity index is 1.43. The van der Waals surface area contributed by atoms with Gasteiger partial charge < -0.3 is 24.0 Å². The monoisotopic (exact) mass is 539 g/mol. The Bertz CT molecular complexity index is 1530. The molecule has 1 amide bonds. The number of nitrogens with zero attached hydrogens (tertiary/aromatic N) is 6. The van der Waals surface area contributed by atoms with Crippen molar-refractivity contribution < 1.29 is 23.4 Å². The number of H-pyrrole nitrogens is 1. The largest absolute Gasteiger partial charge is 0.458 e. The molecule has 196 valence electrons. The lowest BCUT2D eigenvalue weighted by molar-refractivity contribution is -0.126. The van der Waals surface area contributed by atoms with Crippen LogP contribution in [0.2, 0.25) is 5.02 Å². The molecule has 0 bridgehead atoms. The molecule has 0 spiro atoms. The SMILES string of the molecule is C=CC(=O)N1CCN(c2nc(O[C@@H]3CCOC3)nc3c(Oc4c(Cl)c(F)cc5[nH]ncc45)nccc23)CC1. The molecule has 2 aliphatic rings. The van der Waals surface area contributed by atoms with Gasteiger partial charge in [-0.2, -0.15) is 15.1 Å². The summed E-state index contributed by atoms with van der Waals surface area (Å²) in [6.45, 7) is 6.71. The van der Waals surface area contributed by atoms with E-state index in [1.807, 2.05) is 0 Å². The number of anilines is 1. The lowest BCUT2D eigenvalue weighted by Crippen LogP contribution is -2.48. The molecule has 5 heterocycles. The Morgan fingerprint density at radius 3 is 2.87 bits per heavy atom. The number of hydrogen-bond donors (Lipinski definition) is 1. The van der Waals surface area contributed by atoms with Gasteiger partial charge in [0.15, 0.2) is 5.75 Å². The lowest BCUT2D eigenvalue weighted by Gasteiger charge is -2.35. The number of rotatable bonds is 6. The zero-order valence-electron chi connectivity index (χ0n) is 20.2. The number of carbonyl (C=O) groups is 1. The van der Waals surface area contributed by atoms with Gasteiger partial charge in [-0.1, -0.05) is 18.2 Å². The predicted molar refractivity (Wildman–Crippen MR) is 137 cm³/mol. The fourth-order valence-corrected chi connectivity index (χ4v) is 4.78. The van der Waals surface area contributed by atoms with Crippen molar-refractivity contribution in [2.24, 2.45) is 0 Å². The average Bonchev–Trinajstić information content (AvgIpc) is 3.63. The van der Waals surface area contributed by atoms with Crippen LogP contribution < -0.4 is 14.4 Å². The molecule has 0 saturated carbocycles. The fraction of sp³-hybridized carbons (Fsp3) is 0.320. The van der Waals surface area contributed by atoms with E-state index in [-0.39, 0.29) is 34.7 Å². The summed E-state index contributed by atoms with van der Waals surface area (Å²) < 4.78 is 32.1. The van der Waals surface area contributed by atoms with E-state index in [1.165, 1.54) is 18.3 Å². The van der Waals surface area contributed by atoms with Crippen molar-refractivity contribution in [2.45, 2.75) is 12.5 Å². The van der Waals surface area contributed by atoms with Crippen molar-refractivity contribution in [2.75, 3.05) is 44.3 Å². The van der Waals surface area contributed by atoms with Crippen LogP contribution >= 0.6 is 11.6 Å². The van der Waals surface area contributed by atoms with Crippen molar-refractivity contribution in [1.29, 1.82) is 0 Å². The summed E-state index contributed by atoms with van der Waals surface area (Å²) in [6, 6.07) is 3.17. The van der Waals surface area contributed by atoms with Crippen molar-refractivity contribution in [1.82, 2.24) is 30.0 Å². The van der Waals surface area contributed by atoms with Crippen LogP contribution in [0.3, 0.4) is 0 Å². The van der Waals surface area contributed by atoms with Crippen LogP contribution in [0.15, 0.2) is 37.2 Å². The van der Waals surface area contributed by atoms with Gasteiger partial charge in [-0.3, -0.25) is 9.89 Å². The van der Waals surface area contributed by atoms with Gasteiger partial charge >= 0.3 is 6.01 Å². The Morgan fingerprint density at radius 2 is 2.11 bits per heavy atom. The van der Waals surface area contributed by atoms with Crippen LogP contribution in [0.4, 0.5) is 10.2 Å². The Hall–Kier alpha value is -4.03. The summed E-state index contributed by atoms with van der Waals surface area (Å²) in [6.07, 6.45) is 4.90. The highest BCUT2D eigenvalue weighted by Crippen LogP contribution is 2.40. The molecule has 0 radical (unpaired) electrons. The minimum absolute atomic E-state index is 0.0683. The minimum atomic E-state index is -0.661. The normalized spacial score (nSPS) is 17.8. The summed E-state index contributed by atoms with van der Waals surface area (Å²) >= 11 is 6.29. The maximum absolute atomic E-state index is 14.5. The van der Waals surface area contributed by atoms with E-state index in [4.69, 9.17) is 30.8 Å². The second-order valence-corrected chi connectivity index (χ2v) is 9.27. The minimum Gasteiger partial charge on any atom is -0.458 e. The number of halogens is 2. The lowest BCUT2D eigenvalue weighted by atomic mass is 10.2. The van der Waals surface area contributed by atoms with Gasteiger partial charge in [0.05, 0.1) is 35.7 Å². The quantitative estimate of drug-likeness (QED) is 0.367. The van der Waals surface area contributed by atoms with Crippen LogP contribution in [-0.4, -0.2) is 81.5 Å². The number of fused-ring (bicyclic) bond motifs is 2. The summed E-state index contributed by atoms with van der Waals surface area (Å²) in [5.74, 6) is 0.0136. The number of amides is 1. The molecule has 13 heteroatoms. The number of nitrogens with one attached hydrogen (secondary N) is 1. The number of benzene rings is 1. The highest BCUT2D eigenvalue weighted by molar-refractivity contribution is 6.33. The van der Waals surface area contributed by atoms with E-state index >= 15 is 0 Å². The maximum atomic E-state index is 14.5. The summed E-state index contributed by atoms with van der Waals surface area (Å²) in [5, 5.41) is 7.64. The summed E-state index contributed by atoms with van der Waals surface area (Å²) in [5.41, 5.74) is 0.794. The first-order chi connectivity index (χ1) is 18.5. The van der Waals surface area contributed by atoms with Gasteiger partial charge in [-0.15, -0.1) is 0 Å². The molecule has 2 fully saturated rings. The van der Waals surface area contributed by atoms with Crippen LogP contribution in [0.25, 0.3) is 21.8 Å². The van der Waals surface area contributed by atoms with Crippen LogP contribution in [0, 0.1) is 5.82 Å². The first-order valence-corrected chi connectivity index (χ1v) is 12.5. The molecule has 1 atom stereocenters. The molecule has 2 aliphatic heterocycles. The van der Waals surface area contributed by atoms with Gasteiger partial charge in [0, 0.05) is 44.9 Å². The number of carbonyl (C=O) groups excluding carboxylic acids is 1. The molecule has 38 heavy (non-hydrogen) atoms. The summed E-state index contributed by atoms with van der Waals surface area (Å²) in [4.78, 5) is 29.6. The van der Waals surface area contributed by atoms with E-state index in [0.29, 0.717) is 73.4 Å². The van der Waals surface area contributed by atoms with Gasteiger partial charge in [0.2, 0.25) is 11.8 Å². The Morgan fingerprint density at radius 1 is 1.26 bits per heavy atom. The van der Waals surface area contributed by atoms with E-state index in [9.17, 15) is 9.18 Å². The first kappa shape index (κ1) is 24.3. The van der Waals surface area contributed by atoms with E-state index in [1.54, 1.807) is 17.2 Å². The standard InChI is InChI=1S/C25H23ClFN7O4/c1-2-19(35)33-6-8-34(9-7-33)23-15-3-5-28-24(21(15)30-25(31-23)37-14-4-10-36-13-14)38-22-16-12-29-32-18(16)11-17(27)20(22)26/h2-3,5,11-12,14H,1,4,6-10,13H2,(H,29,32)/t14-/m1/s1. The molecule has 4 aromatic rings. The second-order valence-electron chi connectivity index (χ2n) is 8.90. The molecule has 2 saturated heterocycles. The van der Waals surface area contributed by atoms with Crippen LogP contribution in [0.5, 0.6) is 17.6 Å². The van der Waals surface area contributed by atoms with Gasteiger partial charge in [-0.05, 0) is 12.1 Å². The third kappa shape index (κ3) is 4.45. The fourth-order valence-electron chi connectivity index (χ4n) is 4.59. The third-order valence-electron chi connectivity index (χ3n) is 6.56. The van der Waals surface area contributed by atoms with Gasteiger partial charge in [0.1, 0.15) is 28.3 Å². The van der Waals surface area contributed by atoms with E-state index in [0.717, 1.165) is 0 Å². The number of piperazine rings is 1. The topological polar surface area (TPSA) is 119 Å². The highest BCUT2D eigenvalue weighted by Gasteiger charge is 2.26. The molecule has 6 rings (SSSR count). The van der Waals surface area contributed by atoms with Crippen molar-refractivity contribution in [3.05, 3.63) is 48.0 Å². The van der Waals surface area contributed by atoms with Crippen molar-refractivity contribution >= 4 is 45.1 Å². The predicted octanol–water partition coefficient (Wildman–Crippen LogP) is 3.49. The number of aromatic nitrogens is 5. The van der Waals surface area contributed by atoms with Gasteiger partial charge in [-0.25, -0.2) is 9.37 Å². The zero-order chi connectivity index (χ0) is 26.2. The average molecular weight is 540 g/mol. The Labute approximate surface area is 221 Å². The smallest absolute Gasteiger partial charge is 0.319 e. The van der Waals surface area contributed by atoms with Gasteiger partial charge in [0.25, 0.3) is 0 Å². The molecule has 11 nitrogen and oxygen atoms in total. The summed E-state index contributed by atoms with van der Waals surface area (Å²) in [7, 11) is 0. The number of ether oxygens (including phenoxy) is 3. The maximum Gasteiger partial charge on any atom is 0.319 e. The van der Waals surface area contributed by atoms with Crippen molar-refractivity contribution in [3.63, 3.8) is 0 Å². The molecule has 3 aromatic heterocycles. The third-order valence-corrected chi connectivity index (χ3v) is 6.91. The number of pyridine rings is 1. The molecule has 0 unspecified atom stereocenters.